The normalized spacial score (nSPS) is 14.9. The van der Waals surface area contributed by atoms with Crippen molar-refractivity contribution in [1.82, 2.24) is 0 Å². The van der Waals surface area contributed by atoms with Crippen LogP contribution in [-0.2, 0) is 32.7 Å². The van der Waals surface area contributed by atoms with Crippen molar-refractivity contribution in [3.63, 3.8) is 0 Å². The van der Waals surface area contributed by atoms with E-state index in [2.05, 4.69) is 67.0 Å². The monoisotopic (exact) mass is 698 g/mol. The summed E-state index contributed by atoms with van der Waals surface area (Å²) in [6.45, 7) is 2.12. The van der Waals surface area contributed by atoms with Crippen molar-refractivity contribution in [2.24, 2.45) is 0 Å². The van der Waals surface area contributed by atoms with Gasteiger partial charge >= 0.3 is 19.8 Å². The quantitative estimate of drug-likeness (QED) is 0.0271. The van der Waals surface area contributed by atoms with Gasteiger partial charge in [0.05, 0.1) is 19.8 Å². The van der Waals surface area contributed by atoms with E-state index in [1.54, 1.807) is 0 Å². The van der Waals surface area contributed by atoms with Gasteiger partial charge < -0.3 is 24.6 Å². The van der Waals surface area contributed by atoms with E-state index in [-0.39, 0.29) is 19.4 Å². The number of rotatable bonds is 32. The summed E-state index contributed by atoms with van der Waals surface area (Å²) in [4.78, 5) is 34.6. The maximum atomic E-state index is 12.5. The molecule has 0 aliphatic heterocycles. The summed E-state index contributed by atoms with van der Waals surface area (Å²) in [6.07, 6.45) is 33.6. The van der Waals surface area contributed by atoms with E-state index in [0.29, 0.717) is 19.3 Å². The molecule has 276 valence electrons. The Labute approximate surface area is 289 Å². The van der Waals surface area contributed by atoms with Crippen LogP contribution in [0, 0.1) is 0 Å². The van der Waals surface area contributed by atoms with Crippen molar-refractivity contribution in [3.8, 4) is 0 Å². The zero-order valence-corrected chi connectivity index (χ0v) is 30.3. The number of ether oxygens (including phenoxy) is 2. The van der Waals surface area contributed by atoms with E-state index >= 15 is 0 Å². The summed E-state index contributed by atoms with van der Waals surface area (Å²) < 4.78 is 32.4. The lowest BCUT2D eigenvalue weighted by Crippen LogP contribution is -2.29. The number of carbonyl (C=O) groups is 2. The minimum absolute atomic E-state index is 0.104. The number of allylic oxidation sites excluding steroid dienone is 10. The third-order valence-corrected chi connectivity index (χ3v) is 7.89. The van der Waals surface area contributed by atoms with E-state index in [4.69, 9.17) is 19.1 Å². The van der Waals surface area contributed by atoms with Gasteiger partial charge in [-0.25, -0.2) is 4.57 Å². The third kappa shape index (κ3) is 32.2. The molecule has 48 heavy (non-hydrogen) atoms. The van der Waals surface area contributed by atoms with Gasteiger partial charge in [-0.1, -0.05) is 120 Å². The summed E-state index contributed by atoms with van der Waals surface area (Å²) in [5, 5.41) is 18.2. The van der Waals surface area contributed by atoms with E-state index in [1.165, 1.54) is 25.7 Å². The van der Waals surface area contributed by atoms with Crippen LogP contribution in [0.2, 0.25) is 0 Å². The second kappa shape index (κ2) is 33.2. The van der Waals surface area contributed by atoms with Gasteiger partial charge in [0.25, 0.3) is 0 Å². The molecule has 0 radical (unpaired) electrons. The Morgan fingerprint density at radius 2 is 1.15 bits per heavy atom. The van der Waals surface area contributed by atoms with Gasteiger partial charge in [-0.05, 0) is 51.4 Å². The van der Waals surface area contributed by atoms with Gasteiger partial charge in [0.1, 0.15) is 12.7 Å². The van der Waals surface area contributed by atoms with E-state index in [9.17, 15) is 24.2 Å². The molecule has 0 bridgehead atoms. The molecule has 0 aliphatic carbocycles. The Kier molecular flexibility index (Phi) is 31.6. The summed E-state index contributed by atoms with van der Waals surface area (Å²) >= 11 is 0. The maximum Gasteiger partial charge on any atom is 0.472 e. The Hall–Kier alpha value is -2.33. The maximum absolute atomic E-state index is 12.5. The fourth-order valence-electron chi connectivity index (χ4n) is 4.20. The summed E-state index contributed by atoms with van der Waals surface area (Å²) in [6, 6.07) is 0. The molecule has 0 fully saturated rings. The molecule has 0 saturated carbocycles. The SMILES string of the molecule is CC/C=C\C/C=C\C/C=C\C/C=C\C/C=C\CCCC(=O)OC(COC(=O)CCCCCCCCCC)COP(=O)(O)OCC(O)CO. The van der Waals surface area contributed by atoms with Crippen LogP contribution in [-0.4, -0.2) is 65.7 Å². The molecule has 10 nitrogen and oxygen atoms in total. The van der Waals surface area contributed by atoms with Gasteiger partial charge in [-0.15, -0.1) is 0 Å². The topological polar surface area (TPSA) is 149 Å². The van der Waals surface area contributed by atoms with Crippen LogP contribution in [0.1, 0.15) is 123 Å². The van der Waals surface area contributed by atoms with Crippen molar-refractivity contribution >= 4 is 19.8 Å². The molecule has 0 aromatic rings. The fourth-order valence-corrected chi connectivity index (χ4v) is 4.99. The molecule has 0 aromatic carbocycles. The number of aliphatic hydroxyl groups is 2. The Bertz CT molecular complexity index is 989. The lowest BCUT2D eigenvalue weighted by molar-refractivity contribution is -0.161. The van der Waals surface area contributed by atoms with Crippen molar-refractivity contribution in [1.29, 1.82) is 0 Å². The molecule has 0 spiro atoms. The second-order valence-electron chi connectivity index (χ2n) is 11.5. The smallest absolute Gasteiger partial charge is 0.462 e. The first-order valence-corrected chi connectivity index (χ1v) is 19.2. The zero-order chi connectivity index (χ0) is 35.6. The number of unbranched alkanes of at least 4 members (excludes halogenated alkanes) is 8. The first-order valence-electron chi connectivity index (χ1n) is 17.7. The van der Waals surface area contributed by atoms with Crippen LogP contribution in [0.4, 0.5) is 0 Å². The van der Waals surface area contributed by atoms with E-state index < -0.39 is 51.8 Å². The molecule has 0 rings (SSSR count). The number of hydrogen-bond donors (Lipinski definition) is 3. The highest BCUT2D eigenvalue weighted by molar-refractivity contribution is 7.47. The number of hydrogen-bond acceptors (Lipinski definition) is 9. The Morgan fingerprint density at radius 3 is 1.71 bits per heavy atom. The molecule has 0 heterocycles. The highest BCUT2D eigenvalue weighted by Crippen LogP contribution is 2.43. The van der Waals surface area contributed by atoms with Crippen LogP contribution in [0.25, 0.3) is 0 Å². The second-order valence-corrected chi connectivity index (χ2v) is 13.0. The molecule has 0 aromatic heterocycles. The number of phosphoric acid groups is 1. The highest BCUT2D eigenvalue weighted by Gasteiger charge is 2.27. The van der Waals surface area contributed by atoms with Crippen LogP contribution in [0.3, 0.4) is 0 Å². The minimum Gasteiger partial charge on any atom is -0.462 e. The van der Waals surface area contributed by atoms with Gasteiger partial charge in [-0.2, -0.15) is 0 Å². The number of aliphatic hydroxyl groups excluding tert-OH is 2. The number of carbonyl (C=O) groups excluding carboxylic acids is 2. The van der Waals surface area contributed by atoms with E-state index in [0.717, 1.165) is 51.4 Å². The lowest BCUT2D eigenvalue weighted by Gasteiger charge is -2.20. The molecule has 3 atom stereocenters. The molecule has 3 unspecified atom stereocenters. The summed E-state index contributed by atoms with van der Waals surface area (Å²) in [5.74, 6) is -1.01. The van der Waals surface area contributed by atoms with Crippen LogP contribution in [0.5, 0.6) is 0 Å². The molecule has 0 aliphatic rings. The number of esters is 2. The van der Waals surface area contributed by atoms with Crippen LogP contribution >= 0.6 is 7.82 Å². The van der Waals surface area contributed by atoms with Gasteiger partial charge in [0, 0.05) is 12.8 Å². The Balaban J connectivity index is 4.51. The lowest BCUT2D eigenvalue weighted by atomic mass is 10.1. The summed E-state index contributed by atoms with van der Waals surface area (Å²) in [5.41, 5.74) is 0. The standard InChI is InChI=1S/C37H63O10P/c1-3-5-7-9-11-13-14-15-16-17-18-19-20-21-23-25-27-29-37(41)47-35(33-46-48(42,43)45-31-34(39)30-38)32-44-36(40)28-26-24-22-12-10-8-6-4-2/h5,7,11,13,15-16,18-19,21,23,34-35,38-39H,3-4,6,8-10,12,14,17,20,22,24-33H2,1-2H3,(H,42,43)/b7-5-,13-11-,16-15-,19-18-,23-21-. The predicted molar refractivity (Wildman–Crippen MR) is 191 cm³/mol. The molecule has 11 heteroatoms. The van der Waals surface area contributed by atoms with Crippen molar-refractivity contribution in [2.75, 3.05) is 26.4 Å². The van der Waals surface area contributed by atoms with Crippen molar-refractivity contribution in [3.05, 3.63) is 60.8 Å². The fraction of sp³-hybridized carbons (Fsp3) is 0.676. The first kappa shape index (κ1) is 45.7. The third-order valence-electron chi connectivity index (χ3n) is 6.94. The molecular weight excluding hydrogens is 635 g/mol. The predicted octanol–water partition coefficient (Wildman–Crippen LogP) is 8.38. The van der Waals surface area contributed by atoms with Gasteiger partial charge in [-0.3, -0.25) is 18.6 Å². The molecule has 0 saturated heterocycles. The molecule has 3 N–H and O–H groups in total. The minimum atomic E-state index is -4.62. The Morgan fingerprint density at radius 1 is 0.646 bits per heavy atom. The average Bonchev–Trinajstić information content (AvgIpc) is 3.07. The van der Waals surface area contributed by atoms with Gasteiger partial charge in [0.2, 0.25) is 0 Å². The van der Waals surface area contributed by atoms with Gasteiger partial charge in [0.15, 0.2) is 6.10 Å². The van der Waals surface area contributed by atoms with Crippen LogP contribution in [0.15, 0.2) is 60.8 Å². The first-order chi connectivity index (χ1) is 23.2. The largest absolute Gasteiger partial charge is 0.472 e. The molecular formula is C37H63O10P. The van der Waals surface area contributed by atoms with Crippen molar-refractivity contribution < 1.29 is 47.8 Å². The van der Waals surface area contributed by atoms with Crippen LogP contribution < -0.4 is 0 Å². The molecule has 0 amide bonds. The average molecular weight is 699 g/mol. The number of phosphoric ester groups is 1. The summed E-state index contributed by atoms with van der Waals surface area (Å²) in [7, 11) is -4.62. The van der Waals surface area contributed by atoms with Crippen molar-refractivity contribution in [2.45, 2.75) is 135 Å². The van der Waals surface area contributed by atoms with E-state index in [1.807, 2.05) is 12.2 Å². The highest BCUT2D eigenvalue weighted by atomic mass is 31.2. The zero-order valence-electron chi connectivity index (χ0n) is 29.4.